The number of ether oxygens (including phenoxy) is 1. The van der Waals surface area contributed by atoms with E-state index in [1.165, 1.54) is 5.57 Å². The molecule has 1 aromatic rings. The minimum atomic E-state index is 0.222. The molecule has 88 valence electrons. The van der Waals surface area contributed by atoms with Crippen LogP contribution < -0.4 is 5.32 Å². The van der Waals surface area contributed by atoms with Crippen molar-refractivity contribution in [2.45, 2.75) is 26.4 Å². The molecule has 1 atom stereocenters. The van der Waals surface area contributed by atoms with E-state index in [1.54, 1.807) is 0 Å². The molecule has 2 heteroatoms. The topological polar surface area (TPSA) is 21.3 Å². The van der Waals surface area contributed by atoms with Gasteiger partial charge in [-0.3, -0.25) is 0 Å². The molecule has 0 spiro atoms. The Morgan fingerprint density at radius 3 is 2.69 bits per heavy atom. The Balaban J connectivity index is 2.15. The molecule has 2 nitrogen and oxygen atoms in total. The first-order chi connectivity index (χ1) is 7.68. The molecule has 1 rings (SSSR count). The van der Waals surface area contributed by atoms with Crippen LogP contribution >= 0.6 is 0 Å². The lowest BCUT2D eigenvalue weighted by atomic mass is 10.2. The van der Waals surface area contributed by atoms with Gasteiger partial charge in [-0.05, 0) is 32.4 Å². The predicted octanol–water partition coefficient (Wildman–Crippen LogP) is 3.47. The summed E-state index contributed by atoms with van der Waals surface area (Å²) < 4.78 is 5.65. The second-order valence-electron chi connectivity index (χ2n) is 4.14. The van der Waals surface area contributed by atoms with Gasteiger partial charge in [0.25, 0.3) is 0 Å². The quantitative estimate of drug-likeness (QED) is 0.709. The van der Waals surface area contributed by atoms with Crippen molar-refractivity contribution in [2.75, 3.05) is 18.5 Å². The predicted molar refractivity (Wildman–Crippen MR) is 69.8 cm³/mol. The second kappa shape index (κ2) is 7.07. The molecule has 0 radical (unpaired) electrons. The summed E-state index contributed by atoms with van der Waals surface area (Å²) in [4.78, 5) is 0. The third-order valence-electron chi connectivity index (χ3n) is 2.30. The van der Waals surface area contributed by atoms with Crippen LogP contribution in [0.25, 0.3) is 0 Å². The summed E-state index contributed by atoms with van der Waals surface area (Å²) in [6.45, 7) is 9.54. The zero-order chi connectivity index (χ0) is 11.8. The molecule has 0 aliphatic carbocycles. The first-order valence-corrected chi connectivity index (χ1v) is 5.73. The van der Waals surface area contributed by atoms with Gasteiger partial charge in [0.15, 0.2) is 0 Å². The maximum atomic E-state index is 5.65. The Labute approximate surface area is 98.3 Å². The van der Waals surface area contributed by atoms with Crippen molar-refractivity contribution in [1.29, 1.82) is 0 Å². The largest absolute Gasteiger partial charge is 0.382 e. The van der Waals surface area contributed by atoms with E-state index >= 15 is 0 Å². The van der Waals surface area contributed by atoms with Crippen LogP contribution in [0, 0.1) is 0 Å². The lowest BCUT2D eigenvalue weighted by Crippen LogP contribution is -2.20. The highest BCUT2D eigenvalue weighted by Gasteiger charge is 2.01. The van der Waals surface area contributed by atoms with Crippen molar-refractivity contribution in [2.24, 2.45) is 0 Å². The van der Waals surface area contributed by atoms with Crippen LogP contribution in [0.3, 0.4) is 0 Å². The number of hydrogen-bond acceptors (Lipinski definition) is 2. The first-order valence-electron chi connectivity index (χ1n) is 5.73. The number of nitrogens with one attached hydrogen (secondary N) is 1. The molecule has 0 heterocycles. The minimum Gasteiger partial charge on any atom is -0.382 e. The molecule has 0 amide bonds. The van der Waals surface area contributed by atoms with Crippen LogP contribution in [0.15, 0.2) is 42.5 Å². The third-order valence-corrected chi connectivity index (χ3v) is 2.30. The van der Waals surface area contributed by atoms with Gasteiger partial charge in [-0.25, -0.2) is 0 Å². The van der Waals surface area contributed by atoms with Crippen LogP contribution in [-0.2, 0) is 4.74 Å². The number of anilines is 1. The molecule has 0 saturated heterocycles. The van der Waals surface area contributed by atoms with Crippen LogP contribution in [0.5, 0.6) is 0 Å². The zero-order valence-electron chi connectivity index (χ0n) is 10.2. The van der Waals surface area contributed by atoms with E-state index in [0.29, 0.717) is 0 Å². The van der Waals surface area contributed by atoms with E-state index in [2.05, 4.69) is 31.0 Å². The summed E-state index contributed by atoms with van der Waals surface area (Å²) in [5.41, 5.74) is 2.31. The van der Waals surface area contributed by atoms with E-state index in [1.807, 2.05) is 25.1 Å². The van der Waals surface area contributed by atoms with E-state index < -0.39 is 0 Å². The summed E-state index contributed by atoms with van der Waals surface area (Å²) in [7, 11) is 0. The molecule has 0 aliphatic rings. The monoisotopic (exact) mass is 219 g/mol. The van der Waals surface area contributed by atoms with Gasteiger partial charge >= 0.3 is 0 Å². The van der Waals surface area contributed by atoms with E-state index in [-0.39, 0.29) is 6.10 Å². The van der Waals surface area contributed by atoms with Gasteiger partial charge in [-0.1, -0.05) is 23.8 Å². The van der Waals surface area contributed by atoms with Gasteiger partial charge in [-0.2, -0.15) is 0 Å². The molecule has 0 bridgehead atoms. The van der Waals surface area contributed by atoms with Crippen molar-refractivity contribution in [3.8, 4) is 0 Å². The number of benzene rings is 1. The fraction of sp³-hybridized carbons (Fsp3) is 0.429. The first kappa shape index (κ1) is 12.8. The molecule has 1 N–H and O–H groups in total. The molecule has 16 heavy (non-hydrogen) atoms. The summed E-state index contributed by atoms with van der Waals surface area (Å²) in [6, 6.07) is 10.2. The highest BCUT2D eigenvalue weighted by atomic mass is 16.5. The SMILES string of the molecule is C=C(C)CCOC(C)CNc1ccccc1. The third kappa shape index (κ3) is 5.56. The fourth-order valence-electron chi connectivity index (χ4n) is 1.31. The maximum absolute atomic E-state index is 5.65. The number of hydrogen-bond donors (Lipinski definition) is 1. The average Bonchev–Trinajstić information content (AvgIpc) is 2.27. The summed E-state index contributed by atoms with van der Waals surface area (Å²) >= 11 is 0. The summed E-state index contributed by atoms with van der Waals surface area (Å²) in [5.74, 6) is 0. The van der Waals surface area contributed by atoms with E-state index in [0.717, 1.165) is 25.3 Å². The Kier molecular flexibility index (Phi) is 5.65. The van der Waals surface area contributed by atoms with Crippen LogP contribution in [0.2, 0.25) is 0 Å². The summed E-state index contributed by atoms with van der Waals surface area (Å²) in [6.07, 6.45) is 1.16. The molecule has 0 aliphatic heterocycles. The van der Waals surface area contributed by atoms with Crippen molar-refractivity contribution in [3.63, 3.8) is 0 Å². The molecule has 0 saturated carbocycles. The lowest BCUT2D eigenvalue weighted by Gasteiger charge is -2.14. The van der Waals surface area contributed by atoms with Gasteiger partial charge in [0.05, 0.1) is 12.7 Å². The zero-order valence-corrected chi connectivity index (χ0v) is 10.2. The van der Waals surface area contributed by atoms with Crippen LogP contribution in [0.1, 0.15) is 20.3 Å². The van der Waals surface area contributed by atoms with Gasteiger partial charge in [-0.15, -0.1) is 6.58 Å². The smallest absolute Gasteiger partial charge is 0.0719 e. The standard InChI is InChI=1S/C14H21NO/c1-12(2)9-10-16-13(3)11-15-14-7-5-4-6-8-14/h4-8,13,15H,1,9-11H2,2-3H3. The normalized spacial score (nSPS) is 12.1. The number of rotatable bonds is 7. The average molecular weight is 219 g/mol. The Morgan fingerprint density at radius 1 is 1.38 bits per heavy atom. The highest BCUT2D eigenvalue weighted by Crippen LogP contribution is 2.06. The van der Waals surface area contributed by atoms with Crippen molar-refractivity contribution in [3.05, 3.63) is 42.5 Å². The molecule has 0 aromatic heterocycles. The minimum absolute atomic E-state index is 0.222. The highest BCUT2D eigenvalue weighted by molar-refractivity contribution is 5.42. The van der Waals surface area contributed by atoms with Crippen molar-refractivity contribution < 1.29 is 4.74 Å². The summed E-state index contributed by atoms with van der Waals surface area (Å²) in [5, 5.41) is 3.34. The Hall–Kier alpha value is -1.28. The molecular weight excluding hydrogens is 198 g/mol. The second-order valence-corrected chi connectivity index (χ2v) is 4.14. The van der Waals surface area contributed by atoms with Gasteiger partial charge < -0.3 is 10.1 Å². The lowest BCUT2D eigenvalue weighted by molar-refractivity contribution is 0.0772. The van der Waals surface area contributed by atoms with Gasteiger partial charge in [0.2, 0.25) is 0 Å². The van der Waals surface area contributed by atoms with Gasteiger partial charge in [0.1, 0.15) is 0 Å². The molecule has 1 aromatic carbocycles. The Bertz CT molecular complexity index is 308. The van der Waals surface area contributed by atoms with Crippen molar-refractivity contribution >= 4 is 5.69 Å². The fourth-order valence-corrected chi connectivity index (χ4v) is 1.31. The Morgan fingerprint density at radius 2 is 2.06 bits per heavy atom. The number of para-hydroxylation sites is 1. The van der Waals surface area contributed by atoms with E-state index in [9.17, 15) is 0 Å². The molecule has 0 fully saturated rings. The van der Waals surface area contributed by atoms with Crippen LogP contribution in [0.4, 0.5) is 5.69 Å². The van der Waals surface area contributed by atoms with Gasteiger partial charge in [0, 0.05) is 12.2 Å². The molecular formula is C14H21NO. The van der Waals surface area contributed by atoms with Crippen LogP contribution in [-0.4, -0.2) is 19.3 Å². The van der Waals surface area contributed by atoms with Crippen molar-refractivity contribution in [1.82, 2.24) is 0 Å². The maximum Gasteiger partial charge on any atom is 0.0719 e. The molecule has 1 unspecified atom stereocenters. The van der Waals surface area contributed by atoms with E-state index in [4.69, 9.17) is 4.74 Å².